The molecule has 0 unspecified atom stereocenters. The van der Waals surface area contributed by atoms with Crippen LogP contribution in [0.2, 0.25) is 0 Å². The Kier molecular flexibility index (Phi) is 4.10. The zero-order valence-electron chi connectivity index (χ0n) is 11.4. The van der Waals surface area contributed by atoms with Crippen molar-refractivity contribution < 1.29 is 9.90 Å². The van der Waals surface area contributed by atoms with E-state index in [0.717, 1.165) is 31.2 Å². The first-order valence-corrected chi connectivity index (χ1v) is 6.88. The number of benzene rings is 1. The van der Waals surface area contributed by atoms with Crippen LogP contribution >= 0.6 is 0 Å². The lowest BCUT2D eigenvalue weighted by atomic mass is 9.73. The third-order valence-electron chi connectivity index (χ3n) is 4.08. The maximum absolute atomic E-state index is 12.5. The quantitative estimate of drug-likeness (QED) is 0.733. The van der Waals surface area contributed by atoms with E-state index >= 15 is 0 Å². The number of nitrogens with two attached hydrogens (primary N) is 1. The van der Waals surface area contributed by atoms with E-state index in [0.29, 0.717) is 12.2 Å². The van der Waals surface area contributed by atoms with Crippen LogP contribution in [0.4, 0.5) is 5.69 Å². The van der Waals surface area contributed by atoms with Crippen LogP contribution in [0.5, 0.6) is 5.75 Å². The lowest BCUT2D eigenvalue weighted by Crippen LogP contribution is -2.43. The van der Waals surface area contributed by atoms with Crippen molar-refractivity contribution in [2.24, 2.45) is 11.1 Å². The Morgan fingerprint density at radius 1 is 1.37 bits per heavy atom. The fourth-order valence-corrected chi connectivity index (χ4v) is 2.76. The summed E-state index contributed by atoms with van der Waals surface area (Å²) in [5.74, 6) is 0.0394. The molecule has 0 heterocycles. The second kappa shape index (κ2) is 5.61. The van der Waals surface area contributed by atoms with E-state index in [4.69, 9.17) is 5.73 Å². The molecule has 2 rings (SSSR count). The second-order valence-corrected chi connectivity index (χ2v) is 5.52. The van der Waals surface area contributed by atoms with Crippen molar-refractivity contribution in [3.8, 4) is 5.75 Å². The molecule has 0 bridgehead atoms. The summed E-state index contributed by atoms with van der Waals surface area (Å²) in [4.78, 5) is 12.5. The SMILES string of the molecule is Cc1ccc(O)c(NC(=O)C2(CN)CCCCC2)c1. The van der Waals surface area contributed by atoms with Crippen LogP contribution < -0.4 is 11.1 Å². The molecule has 4 N–H and O–H groups in total. The van der Waals surface area contributed by atoms with Gasteiger partial charge < -0.3 is 16.2 Å². The molecule has 1 aliphatic carbocycles. The molecule has 4 nitrogen and oxygen atoms in total. The zero-order valence-corrected chi connectivity index (χ0v) is 11.4. The number of amides is 1. The Balaban J connectivity index is 2.17. The average Bonchev–Trinajstić information content (AvgIpc) is 2.43. The summed E-state index contributed by atoms with van der Waals surface area (Å²) < 4.78 is 0. The van der Waals surface area contributed by atoms with Crippen LogP contribution in [0.1, 0.15) is 37.7 Å². The number of phenols is 1. The summed E-state index contributed by atoms with van der Waals surface area (Å²) in [6.45, 7) is 2.29. The number of carbonyl (C=O) groups excluding carboxylic acids is 1. The summed E-state index contributed by atoms with van der Waals surface area (Å²) in [6.07, 6.45) is 4.93. The second-order valence-electron chi connectivity index (χ2n) is 5.52. The number of phenolic OH excluding ortho intramolecular Hbond substituents is 1. The number of rotatable bonds is 3. The molecule has 0 aromatic heterocycles. The minimum atomic E-state index is -0.464. The number of hydrogen-bond acceptors (Lipinski definition) is 3. The van der Waals surface area contributed by atoms with Crippen LogP contribution in [0.25, 0.3) is 0 Å². The summed E-state index contributed by atoms with van der Waals surface area (Å²) in [6, 6.07) is 5.19. The average molecular weight is 262 g/mol. The molecule has 0 atom stereocenters. The molecule has 1 aromatic rings. The van der Waals surface area contributed by atoms with Crippen molar-refractivity contribution in [1.82, 2.24) is 0 Å². The number of hydrogen-bond donors (Lipinski definition) is 3. The number of nitrogens with one attached hydrogen (secondary N) is 1. The highest BCUT2D eigenvalue weighted by Crippen LogP contribution is 2.37. The largest absolute Gasteiger partial charge is 0.506 e. The number of anilines is 1. The third kappa shape index (κ3) is 2.89. The van der Waals surface area contributed by atoms with Gasteiger partial charge in [-0.1, -0.05) is 25.3 Å². The van der Waals surface area contributed by atoms with Crippen molar-refractivity contribution >= 4 is 11.6 Å². The lowest BCUT2D eigenvalue weighted by Gasteiger charge is -2.34. The zero-order chi connectivity index (χ0) is 13.9. The Morgan fingerprint density at radius 3 is 2.68 bits per heavy atom. The Labute approximate surface area is 114 Å². The molecule has 1 saturated carbocycles. The van der Waals surface area contributed by atoms with Crippen molar-refractivity contribution in [2.75, 3.05) is 11.9 Å². The maximum atomic E-state index is 12.5. The van der Waals surface area contributed by atoms with E-state index in [2.05, 4.69) is 5.32 Å². The van der Waals surface area contributed by atoms with Crippen LogP contribution in [0.15, 0.2) is 18.2 Å². The first-order chi connectivity index (χ1) is 9.07. The van der Waals surface area contributed by atoms with Gasteiger partial charge in [-0.05, 0) is 37.5 Å². The number of aromatic hydroxyl groups is 1. The fourth-order valence-electron chi connectivity index (χ4n) is 2.76. The minimum Gasteiger partial charge on any atom is -0.506 e. The molecular weight excluding hydrogens is 240 g/mol. The highest BCUT2D eigenvalue weighted by Gasteiger charge is 2.38. The summed E-state index contributed by atoms with van der Waals surface area (Å²) in [5, 5.41) is 12.6. The Bertz CT molecular complexity index is 465. The molecular formula is C15H22N2O2. The number of aryl methyl sites for hydroxylation is 1. The summed E-state index contributed by atoms with van der Waals surface area (Å²) in [7, 11) is 0. The minimum absolute atomic E-state index is 0.0596. The van der Waals surface area contributed by atoms with E-state index in [1.54, 1.807) is 12.1 Å². The Morgan fingerprint density at radius 2 is 2.05 bits per heavy atom. The van der Waals surface area contributed by atoms with Crippen LogP contribution in [0.3, 0.4) is 0 Å². The molecule has 0 aliphatic heterocycles. The van der Waals surface area contributed by atoms with Crippen molar-refractivity contribution in [1.29, 1.82) is 0 Å². The van der Waals surface area contributed by atoms with Crippen LogP contribution in [-0.4, -0.2) is 17.6 Å². The standard InChI is InChI=1S/C15H22N2O2/c1-11-5-6-13(18)12(9-11)17-14(19)15(10-16)7-3-2-4-8-15/h5-6,9,18H,2-4,7-8,10,16H2,1H3,(H,17,19). The highest BCUT2D eigenvalue weighted by molar-refractivity contribution is 5.96. The van der Waals surface area contributed by atoms with Crippen molar-refractivity contribution in [3.63, 3.8) is 0 Å². The predicted octanol–water partition coefficient (Wildman–Crippen LogP) is 2.55. The van der Waals surface area contributed by atoms with E-state index < -0.39 is 5.41 Å². The van der Waals surface area contributed by atoms with Gasteiger partial charge in [-0.3, -0.25) is 4.79 Å². The molecule has 1 amide bonds. The van der Waals surface area contributed by atoms with E-state index in [9.17, 15) is 9.90 Å². The van der Waals surface area contributed by atoms with E-state index in [-0.39, 0.29) is 11.7 Å². The molecule has 1 aromatic carbocycles. The van der Waals surface area contributed by atoms with Gasteiger partial charge in [-0.25, -0.2) is 0 Å². The third-order valence-corrected chi connectivity index (χ3v) is 4.08. The molecule has 1 fully saturated rings. The normalized spacial score (nSPS) is 18.0. The van der Waals surface area contributed by atoms with Gasteiger partial charge in [0.15, 0.2) is 0 Å². The fraction of sp³-hybridized carbons (Fsp3) is 0.533. The van der Waals surface area contributed by atoms with E-state index in [1.807, 2.05) is 13.0 Å². The molecule has 19 heavy (non-hydrogen) atoms. The van der Waals surface area contributed by atoms with Gasteiger partial charge in [0.2, 0.25) is 5.91 Å². The van der Waals surface area contributed by atoms with Crippen LogP contribution in [-0.2, 0) is 4.79 Å². The van der Waals surface area contributed by atoms with Gasteiger partial charge in [0, 0.05) is 6.54 Å². The molecule has 0 spiro atoms. The van der Waals surface area contributed by atoms with Crippen molar-refractivity contribution in [3.05, 3.63) is 23.8 Å². The molecule has 4 heteroatoms. The summed E-state index contributed by atoms with van der Waals surface area (Å²) in [5.41, 5.74) is 6.85. The van der Waals surface area contributed by atoms with Gasteiger partial charge in [0.25, 0.3) is 0 Å². The molecule has 104 valence electrons. The maximum Gasteiger partial charge on any atom is 0.231 e. The monoisotopic (exact) mass is 262 g/mol. The smallest absolute Gasteiger partial charge is 0.231 e. The predicted molar refractivity (Wildman–Crippen MR) is 76.0 cm³/mol. The first-order valence-electron chi connectivity index (χ1n) is 6.88. The van der Waals surface area contributed by atoms with Gasteiger partial charge >= 0.3 is 0 Å². The van der Waals surface area contributed by atoms with Gasteiger partial charge in [0.1, 0.15) is 5.75 Å². The van der Waals surface area contributed by atoms with Crippen LogP contribution in [0, 0.1) is 12.3 Å². The van der Waals surface area contributed by atoms with E-state index in [1.165, 1.54) is 6.42 Å². The first kappa shape index (κ1) is 13.9. The van der Waals surface area contributed by atoms with Gasteiger partial charge in [-0.15, -0.1) is 0 Å². The van der Waals surface area contributed by atoms with Gasteiger partial charge in [-0.2, -0.15) is 0 Å². The topological polar surface area (TPSA) is 75.3 Å². The highest BCUT2D eigenvalue weighted by atomic mass is 16.3. The van der Waals surface area contributed by atoms with Crippen molar-refractivity contribution in [2.45, 2.75) is 39.0 Å². The number of carbonyl (C=O) groups is 1. The summed E-state index contributed by atoms with van der Waals surface area (Å²) >= 11 is 0. The van der Waals surface area contributed by atoms with Gasteiger partial charge in [0.05, 0.1) is 11.1 Å². The molecule has 0 radical (unpaired) electrons. The lowest BCUT2D eigenvalue weighted by molar-refractivity contribution is -0.126. The molecule has 1 aliphatic rings. The molecule has 0 saturated heterocycles. The Hall–Kier alpha value is -1.55.